The minimum absolute atomic E-state index is 0.559. The summed E-state index contributed by atoms with van der Waals surface area (Å²) in [4.78, 5) is 4.03. The molecule has 0 aromatic carbocycles. The van der Waals surface area contributed by atoms with Gasteiger partial charge in [0.25, 0.3) is 0 Å². The van der Waals surface area contributed by atoms with Gasteiger partial charge in [-0.2, -0.15) is 5.10 Å². The molecule has 0 spiro atoms. The molecule has 1 saturated heterocycles. The fourth-order valence-corrected chi connectivity index (χ4v) is 1.47. The van der Waals surface area contributed by atoms with Crippen LogP contribution in [0.25, 0.3) is 0 Å². The molecule has 1 atom stereocenters. The van der Waals surface area contributed by atoms with Gasteiger partial charge in [-0.15, -0.1) is 5.10 Å². The first-order valence-electron chi connectivity index (χ1n) is 4.56. The highest BCUT2D eigenvalue weighted by molar-refractivity contribution is 5.20. The molecule has 5 heteroatoms. The first kappa shape index (κ1) is 8.37. The second-order valence-corrected chi connectivity index (χ2v) is 3.14. The molecular formula is C8H13N5. The van der Waals surface area contributed by atoms with Crippen LogP contribution in [-0.4, -0.2) is 34.3 Å². The molecule has 1 aliphatic rings. The number of aromatic nitrogens is 3. The first-order valence-corrected chi connectivity index (χ1v) is 4.56. The summed E-state index contributed by atoms with van der Waals surface area (Å²) in [5, 5.41) is 14.1. The fourth-order valence-electron chi connectivity index (χ4n) is 1.47. The Hall–Kier alpha value is -1.23. The van der Waals surface area contributed by atoms with E-state index >= 15 is 0 Å². The molecule has 0 saturated carbocycles. The molecule has 13 heavy (non-hydrogen) atoms. The SMILES string of the molecule is c1cnc(NCC2CCCN2)nn1. The summed E-state index contributed by atoms with van der Waals surface area (Å²) in [5.74, 6) is 0.608. The van der Waals surface area contributed by atoms with Gasteiger partial charge in [-0.3, -0.25) is 0 Å². The van der Waals surface area contributed by atoms with E-state index in [9.17, 15) is 0 Å². The van der Waals surface area contributed by atoms with Crippen molar-refractivity contribution < 1.29 is 0 Å². The molecule has 2 heterocycles. The summed E-state index contributed by atoms with van der Waals surface area (Å²) in [6.45, 7) is 2.01. The summed E-state index contributed by atoms with van der Waals surface area (Å²) in [5.41, 5.74) is 0. The van der Waals surface area contributed by atoms with Crippen LogP contribution in [0.4, 0.5) is 5.95 Å². The average Bonchev–Trinajstić information content (AvgIpc) is 2.69. The summed E-state index contributed by atoms with van der Waals surface area (Å²) in [6.07, 6.45) is 5.70. The number of rotatable bonds is 3. The van der Waals surface area contributed by atoms with Crippen LogP contribution in [0.2, 0.25) is 0 Å². The molecular weight excluding hydrogens is 166 g/mol. The normalized spacial score (nSPS) is 21.7. The zero-order valence-corrected chi connectivity index (χ0v) is 7.40. The van der Waals surface area contributed by atoms with E-state index in [0.29, 0.717) is 12.0 Å². The van der Waals surface area contributed by atoms with Gasteiger partial charge in [-0.05, 0) is 19.4 Å². The van der Waals surface area contributed by atoms with E-state index in [0.717, 1.165) is 13.1 Å². The maximum atomic E-state index is 4.03. The predicted molar refractivity (Wildman–Crippen MR) is 49.3 cm³/mol. The van der Waals surface area contributed by atoms with Crippen molar-refractivity contribution in [3.63, 3.8) is 0 Å². The van der Waals surface area contributed by atoms with Crippen molar-refractivity contribution in [3.05, 3.63) is 12.4 Å². The van der Waals surface area contributed by atoms with Crippen LogP contribution in [0.15, 0.2) is 12.4 Å². The lowest BCUT2D eigenvalue weighted by atomic mass is 10.2. The largest absolute Gasteiger partial charge is 0.351 e. The van der Waals surface area contributed by atoms with Crippen molar-refractivity contribution in [1.82, 2.24) is 20.5 Å². The van der Waals surface area contributed by atoms with Gasteiger partial charge in [0.05, 0.1) is 12.4 Å². The van der Waals surface area contributed by atoms with E-state index in [1.165, 1.54) is 12.8 Å². The van der Waals surface area contributed by atoms with Crippen LogP contribution in [0.1, 0.15) is 12.8 Å². The number of hydrogen-bond donors (Lipinski definition) is 2. The van der Waals surface area contributed by atoms with Gasteiger partial charge in [0.2, 0.25) is 5.95 Å². The monoisotopic (exact) mass is 179 g/mol. The predicted octanol–water partition coefficient (Wildman–Crippen LogP) is 0.0355. The Morgan fingerprint density at radius 3 is 3.23 bits per heavy atom. The van der Waals surface area contributed by atoms with Crippen molar-refractivity contribution in [2.45, 2.75) is 18.9 Å². The zero-order chi connectivity index (χ0) is 8.93. The summed E-state index contributed by atoms with van der Waals surface area (Å²) in [7, 11) is 0. The Kier molecular flexibility index (Phi) is 2.66. The van der Waals surface area contributed by atoms with Crippen LogP contribution in [0.3, 0.4) is 0 Å². The van der Waals surface area contributed by atoms with E-state index in [4.69, 9.17) is 0 Å². The number of anilines is 1. The van der Waals surface area contributed by atoms with Crippen molar-refractivity contribution in [1.29, 1.82) is 0 Å². The van der Waals surface area contributed by atoms with Gasteiger partial charge in [0.15, 0.2) is 0 Å². The lowest BCUT2D eigenvalue weighted by Crippen LogP contribution is -2.29. The highest BCUT2D eigenvalue weighted by Gasteiger charge is 2.13. The molecule has 5 nitrogen and oxygen atoms in total. The highest BCUT2D eigenvalue weighted by Crippen LogP contribution is 2.04. The van der Waals surface area contributed by atoms with E-state index in [1.54, 1.807) is 12.4 Å². The topological polar surface area (TPSA) is 62.7 Å². The van der Waals surface area contributed by atoms with E-state index in [1.807, 2.05) is 0 Å². The molecule has 2 N–H and O–H groups in total. The van der Waals surface area contributed by atoms with Crippen molar-refractivity contribution in [2.24, 2.45) is 0 Å². The molecule has 0 aliphatic carbocycles. The van der Waals surface area contributed by atoms with Gasteiger partial charge < -0.3 is 10.6 Å². The van der Waals surface area contributed by atoms with Crippen LogP contribution in [0, 0.1) is 0 Å². The van der Waals surface area contributed by atoms with Gasteiger partial charge in [0.1, 0.15) is 0 Å². The van der Waals surface area contributed by atoms with E-state index in [2.05, 4.69) is 25.8 Å². The Labute approximate surface area is 77.0 Å². The fraction of sp³-hybridized carbons (Fsp3) is 0.625. The van der Waals surface area contributed by atoms with E-state index < -0.39 is 0 Å². The van der Waals surface area contributed by atoms with E-state index in [-0.39, 0.29) is 0 Å². The van der Waals surface area contributed by atoms with Crippen molar-refractivity contribution >= 4 is 5.95 Å². The summed E-state index contributed by atoms with van der Waals surface area (Å²) < 4.78 is 0. The van der Waals surface area contributed by atoms with Crippen LogP contribution < -0.4 is 10.6 Å². The molecule has 1 aromatic heterocycles. The molecule has 70 valence electrons. The molecule has 1 aromatic rings. The second kappa shape index (κ2) is 4.13. The molecule has 1 fully saturated rings. The zero-order valence-electron chi connectivity index (χ0n) is 7.40. The quantitative estimate of drug-likeness (QED) is 0.685. The van der Waals surface area contributed by atoms with Crippen LogP contribution in [0.5, 0.6) is 0 Å². The molecule has 1 unspecified atom stereocenters. The van der Waals surface area contributed by atoms with Gasteiger partial charge in [-0.1, -0.05) is 0 Å². The van der Waals surface area contributed by atoms with Gasteiger partial charge >= 0.3 is 0 Å². The average molecular weight is 179 g/mol. The molecule has 0 amide bonds. The van der Waals surface area contributed by atoms with Gasteiger partial charge in [0, 0.05) is 12.6 Å². The Morgan fingerprint density at radius 2 is 2.54 bits per heavy atom. The Bertz CT molecular complexity index is 244. The molecule has 2 rings (SSSR count). The Balaban J connectivity index is 1.79. The number of nitrogens with one attached hydrogen (secondary N) is 2. The third-order valence-corrected chi connectivity index (χ3v) is 2.15. The minimum Gasteiger partial charge on any atom is -0.351 e. The third-order valence-electron chi connectivity index (χ3n) is 2.15. The smallest absolute Gasteiger partial charge is 0.242 e. The van der Waals surface area contributed by atoms with Crippen LogP contribution >= 0.6 is 0 Å². The van der Waals surface area contributed by atoms with Crippen molar-refractivity contribution in [2.75, 3.05) is 18.4 Å². The van der Waals surface area contributed by atoms with Gasteiger partial charge in [-0.25, -0.2) is 4.98 Å². The third kappa shape index (κ3) is 2.35. The minimum atomic E-state index is 0.559. The maximum Gasteiger partial charge on any atom is 0.242 e. The lowest BCUT2D eigenvalue weighted by Gasteiger charge is -2.10. The lowest BCUT2D eigenvalue weighted by molar-refractivity contribution is 0.630. The Morgan fingerprint density at radius 1 is 1.54 bits per heavy atom. The maximum absolute atomic E-state index is 4.03. The summed E-state index contributed by atoms with van der Waals surface area (Å²) >= 11 is 0. The number of hydrogen-bond acceptors (Lipinski definition) is 5. The standard InChI is InChI=1S/C8H13N5/c1-2-7(9-3-1)6-11-8-10-4-5-12-13-8/h4-5,7,9H,1-3,6H2,(H,10,11,13). The molecule has 0 radical (unpaired) electrons. The number of nitrogens with zero attached hydrogens (tertiary/aromatic N) is 3. The molecule has 0 bridgehead atoms. The second-order valence-electron chi connectivity index (χ2n) is 3.14. The highest BCUT2D eigenvalue weighted by atomic mass is 15.2. The first-order chi connectivity index (χ1) is 6.45. The van der Waals surface area contributed by atoms with Crippen molar-refractivity contribution in [3.8, 4) is 0 Å². The summed E-state index contributed by atoms with van der Waals surface area (Å²) in [6, 6.07) is 0.559. The molecule has 1 aliphatic heterocycles. The van der Waals surface area contributed by atoms with Crippen LogP contribution in [-0.2, 0) is 0 Å².